The summed E-state index contributed by atoms with van der Waals surface area (Å²) in [7, 11) is -0.662. The van der Waals surface area contributed by atoms with E-state index < -0.39 is 10.0 Å². The van der Waals surface area contributed by atoms with Crippen molar-refractivity contribution in [3.63, 3.8) is 0 Å². The molecular weight excluding hydrogens is 272 g/mol. The monoisotopic (exact) mass is 290 g/mol. The van der Waals surface area contributed by atoms with Gasteiger partial charge >= 0.3 is 0 Å². The largest absolute Gasteiger partial charge is 0.481 e. The molecule has 0 unspecified atom stereocenters. The lowest BCUT2D eigenvalue weighted by molar-refractivity contribution is 0.373. The van der Waals surface area contributed by atoms with Gasteiger partial charge in [-0.3, -0.25) is 4.72 Å². The Morgan fingerprint density at radius 1 is 1.21 bits per heavy atom. The number of ether oxygens (including phenoxy) is 2. The highest BCUT2D eigenvalue weighted by Crippen LogP contribution is 2.17. The Morgan fingerprint density at radius 2 is 1.79 bits per heavy atom. The quantitative estimate of drug-likeness (QED) is 0.641. The van der Waals surface area contributed by atoms with Crippen LogP contribution in [0.25, 0.3) is 0 Å². The summed E-state index contributed by atoms with van der Waals surface area (Å²) in [5, 5.41) is 2.93. The zero-order valence-corrected chi connectivity index (χ0v) is 12.0. The number of sulfonamides is 1. The maximum Gasteiger partial charge on any atom is 0.243 e. The van der Waals surface area contributed by atoms with Crippen LogP contribution in [0.15, 0.2) is 6.07 Å². The Morgan fingerprint density at radius 3 is 2.26 bits per heavy atom. The van der Waals surface area contributed by atoms with Gasteiger partial charge in [-0.25, -0.2) is 8.42 Å². The van der Waals surface area contributed by atoms with Crippen molar-refractivity contribution in [1.82, 2.24) is 15.3 Å². The van der Waals surface area contributed by atoms with Gasteiger partial charge in [0.1, 0.15) is 0 Å². The van der Waals surface area contributed by atoms with Crippen molar-refractivity contribution in [3.05, 3.63) is 6.07 Å². The maximum atomic E-state index is 11.8. The lowest BCUT2D eigenvalue weighted by Crippen LogP contribution is -2.27. The summed E-state index contributed by atoms with van der Waals surface area (Å²) >= 11 is 0. The fourth-order valence-corrected chi connectivity index (χ4v) is 2.12. The normalized spacial score (nSPS) is 11.1. The van der Waals surface area contributed by atoms with E-state index >= 15 is 0 Å². The van der Waals surface area contributed by atoms with Crippen LogP contribution in [-0.4, -0.2) is 51.4 Å². The van der Waals surface area contributed by atoms with E-state index in [0.717, 1.165) is 0 Å². The number of anilines is 1. The topological polar surface area (TPSA) is 102 Å². The Hall–Kier alpha value is -1.61. The minimum Gasteiger partial charge on any atom is -0.481 e. The first kappa shape index (κ1) is 15.4. The van der Waals surface area contributed by atoms with Gasteiger partial charge in [0, 0.05) is 6.54 Å². The van der Waals surface area contributed by atoms with Gasteiger partial charge in [-0.05, 0) is 6.54 Å². The molecule has 1 aromatic heterocycles. The number of nitrogens with one attached hydrogen (secondary N) is 2. The van der Waals surface area contributed by atoms with Gasteiger partial charge in [-0.15, -0.1) is 0 Å². The standard InChI is InChI=1S/C10H18N4O4S/c1-4-11-5-6-19(15,16)14-10-12-8(17-2)7-9(13-10)18-3/h7,11H,4-6H2,1-3H3,(H,12,13,14). The van der Waals surface area contributed by atoms with E-state index in [0.29, 0.717) is 13.1 Å². The fourth-order valence-electron chi connectivity index (χ4n) is 1.23. The minimum absolute atomic E-state index is 0.0657. The zero-order chi connectivity index (χ0) is 14.3. The average Bonchev–Trinajstić information content (AvgIpc) is 2.37. The Bertz CT molecular complexity index is 484. The number of rotatable bonds is 8. The molecule has 8 nitrogen and oxygen atoms in total. The summed E-state index contributed by atoms with van der Waals surface area (Å²) in [4.78, 5) is 7.78. The predicted molar refractivity (Wildman–Crippen MR) is 71.1 cm³/mol. The van der Waals surface area contributed by atoms with E-state index in [1.54, 1.807) is 0 Å². The van der Waals surface area contributed by atoms with Gasteiger partial charge in [0.2, 0.25) is 27.7 Å². The molecule has 0 spiro atoms. The van der Waals surface area contributed by atoms with Crippen LogP contribution in [0.4, 0.5) is 5.95 Å². The summed E-state index contributed by atoms with van der Waals surface area (Å²) in [5.41, 5.74) is 0. The molecule has 108 valence electrons. The highest BCUT2D eigenvalue weighted by molar-refractivity contribution is 7.92. The van der Waals surface area contributed by atoms with Crippen molar-refractivity contribution in [1.29, 1.82) is 0 Å². The molecule has 0 radical (unpaired) electrons. The number of hydrogen-bond donors (Lipinski definition) is 2. The van der Waals surface area contributed by atoms with Crippen molar-refractivity contribution in [2.75, 3.05) is 37.8 Å². The summed E-state index contributed by atoms with van der Waals surface area (Å²) in [6.45, 7) is 2.96. The van der Waals surface area contributed by atoms with Crippen LogP contribution in [0.5, 0.6) is 11.8 Å². The third kappa shape index (κ3) is 5.26. The van der Waals surface area contributed by atoms with Gasteiger partial charge < -0.3 is 14.8 Å². The van der Waals surface area contributed by atoms with Crippen LogP contribution < -0.4 is 19.5 Å². The Balaban J connectivity index is 2.80. The van der Waals surface area contributed by atoms with Gasteiger partial charge in [0.25, 0.3) is 0 Å². The van der Waals surface area contributed by atoms with E-state index in [1.807, 2.05) is 6.92 Å². The summed E-state index contributed by atoms with van der Waals surface area (Å²) in [6, 6.07) is 1.45. The molecular formula is C10H18N4O4S. The van der Waals surface area contributed by atoms with Gasteiger partial charge in [-0.1, -0.05) is 6.92 Å². The SMILES string of the molecule is CCNCCS(=O)(=O)Nc1nc(OC)cc(OC)n1. The van der Waals surface area contributed by atoms with Crippen LogP contribution in [0, 0.1) is 0 Å². The third-order valence-corrected chi connectivity index (χ3v) is 3.38. The molecule has 0 amide bonds. The van der Waals surface area contributed by atoms with Gasteiger partial charge in [0.05, 0.1) is 26.0 Å². The summed E-state index contributed by atoms with van der Waals surface area (Å²) < 4.78 is 35.7. The van der Waals surface area contributed by atoms with E-state index in [4.69, 9.17) is 9.47 Å². The minimum atomic E-state index is -3.51. The van der Waals surface area contributed by atoms with Crippen LogP contribution in [-0.2, 0) is 10.0 Å². The smallest absolute Gasteiger partial charge is 0.243 e. The van der Waals surface area contributed by atoms with Crippen molar-refractivity contribution < 1.29 is 17.9 Å². The van der Waals surface area contributed by atoms with Gasteiger partial charge in [0.15, 0.2) is 0 Å². The summed E-state index contributed by atoms with van der Waals surface area (Å²) in [6.07, 6.45) is 0. The molecule has 0 fully saturated rings. The zero-order valence-electron chi connectivity index (χ0n) is 11.1. The molecule has 0 aromatic carbocycles. The first-order chi connectivity index (χ1) is 9.00. The molecule has 0 saturated carbocycles. The molecule has 1 rings (SSSR count). The molecule has 0 saturated heterocycles. The van der Waals surface area contributed by atoms with Crippen molar-refractivity contribution in [2.24, 2.45) is 0 Å². The number of hydrogen-bond acceptors (Lipinski definition) is 7. The predicted octanol–water partition coefficient (Wildman–Crippen LogP) is -0.155. The van der Waals surface area contributed by atoms with Crippen LogP contribution in [0.2, 0.25) is 0 Å². The Labute approximate surface area is 112 Å². The molecule has 0 atom stereocenters. The van der Waals surface area contributed by atoms with Gasteiger partial charge in [-0.2, -0.15) is 9.97 Å². The molecule has 1 aromatic rings. The second-order valence-corrected chi connectivity index (χ2v) is 5.39. The number of nitrogens with zero attached hydrogens (tertiary/aromatic N) is 2. The van der Waals surface area contributed by atoms with Crippen LogP contribution in [0.3, 0.4) is 0 Å². The van der Waals surface area contributed by atoms with Crippen molar-refractivity contribution in [2.45, 2.75) is 6.92 Å². The second-order valence-electron chi connectivity index (χ2n) is 3.55. The molecule has 0 bridgehead atoms. The van der Waals surface area contributed by atoms with E-state index in [2.05, 4.69) is 20.0 Å². The first-order valence-corrected chi connectivity index (χ1v) is 7.34. The molecule has 2 N–H and O–H groups in total. The first-order valence-electron chi connectivity index (χ1n) is 5.69. The lowest BCUT2D eigenvalue weighted by atomic mass is 10.6. The van der Waals surface area contributed by atoms with E-state index in [1.165, 1.54) is 20.3 Å². The van der Waals surface area contributed by atoms with Crippen LogP contribution >= 0.6 is 0 Å². The number of aromatic nitrogens is 2. The molecule has 0 aliphatic carbocycles. The van der Waals surface area contributed by atoms with E-state index in [9.17, 15) is 8.42 Å². The molecule has 0 aliphatic heterocycles. The third-order valence-electron chi connectivity index (χ3n) is 2.14. The van der Waals surface area contributed by atoms with E-state index in [-0.39, 0.29) is 23.5 Å². The lowest BCUT2D eigenvalue weighted by Gasteiger charge is -2.09. The fraction of sp³-hybridized carbons (Fsp3) is 0.600. The molecule has 19 heavy (non-hydrogen) atoms. The second kappa shape index (κ2) is 7.10. The number of methoxy groups -OCH3 is 2. The van der Waals surface area contributed by atoms with Crippen molar-refractivity contribution in [3.8, 4) is 11.8 Å². The van der Waals surface area contributed by atoms with Crippen molar-refractivity contribution >= 4 is 16.0 Å². The molecule has 1 heterocycles. The maximum absolute atomic E-state index is 11.8. The molecule has 9 heteroatoms. The van der Waals surface area contributed by atoms with Crippen LogP contribution in [0.1, 0.15) is 6.92 Å². The molecule has 0 aliphatic rings. The average molecular weight is 290 g/mol. The highest BCUT2D eigenvalue weighted by atomic mass is 32.2. The summed E-state index contributed by atoms with van der Waals surface area (Å²) in [5.74, 6) is 0.296. The highest BCUT2D eigenvalue weighted by Gasteiger charge is 2.13. The Kier molecular flexibility index (Phi) is 5.77.